The fourth-order valence-electron chi connectivity index (χ4n) is 5.40. The summed E-state index contributed by atoms with van der Waals surface area (Å²) in [6, 6.07) is 4.59. The number of rotatable bonds is 1. The lowest BCUT2D eigenvalue weighted by molar-refractivity contribution is -0.141. The molecule has 1 aromatic carbocycles. The molecule has 4 atom stereocenters. The number of aromatic hydroxyl groups is 1. The minimum atomic E-state index is -0.282. The average molecular weight is 315 g/mol. The molecule has 1 aromatic rings. The first kappa shape index (κ1) is 15.2. The van der Waals surface area contributed by atoms with E-state index >= 15 is 0 Å². The number of methoxy groups -OCH3 is 1. The van der Waals surface area contributed by atoms with E-state index in [1.807, 2.05) is 13.0 Å². The third kappa shape index (κ3) is 1.94. The average Bonchev–Trinajstić information content (AvgIpc) is 2.53. The second kappa shape index (κ2) is 5.05. The van der Waals surface area contributed by atoms with E-state index in [4.69, 9.17) is 4.74 Å². The van der Waals surface area contributed by atoms with Gasteiger partial charge >= 0.3 is 0 Å². The maximum atomic E-state index is 12.6. The van der Waals surface area contributed by atoms with E-state index in [0.29, 0.717) is 24.1 Å². The fraction of sp³-hybridized carbons (Fsp3) is 0.632. The van der Waals surface area contributed by atoms with Gasteiger partial charge in [-0.1, -0.05) is 12.1 Å². The van der Waals surface area contributed by atoms with Gasteiger partial charge in [0.25, 0.3) is 0 Å². The van der Waals surface area contributed by atoms with Crippen LogP contribution in [0.4, 0.5) is 0 Å². The molecule has 0 amide bonds. The number of hydrogen-bond donors (Lipinski definition) is 1. The highest BCUT2D eigenvalue weighted by atomic mass is 16.5. The molecule has 1 N–H and O–H groups in total. The highest BCUT2D eigenvalue weighted by Gasteiger charge is 2.58. The summed E-state index contributed by atoms with van der Waals surface area (Å²) in [6.07, 6.45) is 2.89. The van der Waals surface area contributed by atoms with Gasteiger partial charge in [-0.05, 0) is 56.8 Å². The molecule has 124 valence electrons. The first-order valence-corrected chi connectivity index (χ1v) is 8.55. The van der Waals surface area contributed by atoms with Crippen LogP contribution in [0.3, 0.4) is 0 Å². The number of Topliss-reactive ketones (excluding diaryl/α,β-unsaturated/α-hetero) is 1. The first-order valence-electron chi connectivity index (χ1n) is 8.55. The summed E-state index contributed by atoms with van der Waals surface area (Å²) in [6.45, 7) is 2.93. The molecule has 1 heterocycles. The molecule has 1 unspecified atom stereocenters. The standard InChI is InChI=1S/C19H25NO3/c1-11-4-5-12-8-14-13-9-16(23-3)15(21)10-19(13,6-7-20(14)2)17(12)18(11)22/h4-5,13-14,16,22H,6-10H2,1-3H3/t13-,14+,16?,19-/m1/s1. The zero-order valence-corrected chi connectivity index (χ0v) is 14.1. The molecule has 1 saturated heterocycles. The number of piperidine rings is 1. The van der Waals surface area contributed by atoms with Gasteiger partial charge in [-0.15, -0.1) is 0 Å². The first-order chi connectivity index (χ1) is 11.0. The number of likely N-dealkylation sites (N-methyl/N-ethyl adjacent to an activating group) is 1. The number of phenols is 1. The van der Waals surface area contributed by atoms with Gasteiger partial charge in [0.1, 0.15) is 11.9 Å². The van der Waals surface area contributed by atoms with Gasteiger partial charge in [0.15, 0.2) is 5.78 Å². The Kier molecular flexibility index (Phi) is 3.33. The van der Waals surface area contributed by atoms with Crippen LogP contribution in [-0.4, -0.2) is 48.6 Å². The van der Waals surface area contributed by atoms with Crippen molar-refractivity contribution in [1.29, 1.82) is 0 Å². The lowest BCUT2D eigenvalue weighted by Gasteiger charge is -2.58. The minimum absolute atomic E-state index is 0.195. The quantitative estimate of drug-likeness (QED) is 0.863. The lowest BCUT2D eigenvalue weighted by Crippen LogP contribution is -2.63. The number of benzene rings is 1. The number of carbonyl (C=O) groups excluding carboxylic acids is 1. The zero-order valence-electron chi connectivity index (χ0n) is 14.1. The molecule has 3 aliphatic rings. The van der Waals surface area contributed by atoms with Gasteiger partial charge < -0.3 is 14.7 Å². The van der Waals surface area contributed by atoms with Crippen molar-refractivity contribution in [3.05, 3.63) is 28.8 Å². The molecule has 2 fully saturated rings. The lowest BCUT2D eigenvalue weighted by atomic mass is 9.51. The Morgan fingerprint density at radius 1 is 1.39 bits per heavy atom. The topological polar surface area (TPSA) is 49.8 Å². The monoisotopic (exact) mass is 315 g/mol. The van der Waals surface area contributed by atoms with Crippen molar-refractivity contribution in [1.82, 2.24) is 4.90 Å². The smallest absolute Gasteiger partial charge is 0.162 e. The van der Waals surface area contributed by atoms with Crippen molar-refractivity contribution in [2.24, 2.45) is 5.92 Å². The van der Waals surface area contributed by atoms with Gasteiger partial charge in [-0.2, -0.15) is 0 Å². The van der Waals surface area contributed by atoms with E-state index in [2.05, 4.69) is 18.0 Å². The van der Waals surface area contributed by atoms with Crippen molar-refractivity contribution >= 4 is 5.78 Å². The van der Waals surface area contributed by atoms with E-state index in [0.717, 1.165) is 36.9 Å². The second-order valence-electron chi connectivity index (χ2n) is 7.63. The van der Waals surface area contributed by atoms with Gasteiger partial charge in [0.05, 0.1) is 0 Å². The molecule has 4 heteroatoms. The van der Waals surface area contributed by atoms with Crippen LogP contribution in [0.1, 0.15) is 36.0 Å². The number of fused-ring (bicyclic) bond motifs is 1. The number of nitrogens with zero attached hydrogens (tertiary/aromatic N) is 1. The number of likely N-dealkylation sites (tertiary alicyclic amines) is 1. The van der Waals surface area contributed by atoms with Crippen molar-refractivity contribution in [3.63, 3.8) is 0 Å². The van der Waals surface area contributed by atoms with Crippen LogP contribution >= 0.6 is 0 Å². The normalized spacial score (nSPS) is 36.5. The molecule has 0 spiro atoms. The Labute approximate surface area is 137 Å². The zero-order chi connectivity index (χ0) is 16.4. The Hall–Kier alpha value is -1.39. The molecule has 0 aromatic heterocycles. The van der Waals surface area contributed by atoms with Gasteiger partial charge in [0.2, 0.25) is 0 Å². The highest BCUT2D eigenvalue weighted by molar-refractivity contribution is 5.86. The summed E-state index contributed by atoms with van der Waals surface area (Å²) in [5.74, 6) is 0.990. The molecule has 4 nitrogen and oxygen atoms in total. The predicted octanol–water partition coefficient (Wildman–Crippen LogP) is 2.19. The van der Waals surface area contributed by atoms with Crippen LogP contribution in [0.25, 0.3) is 0 Å². The number of phenolic OH excluding ortho intramolecular Hbond substituents is 1. The third-order valence-corrected chi connectivity index (χ3v) is 6.65. The maximum Gasteiger partial charge on any atom is 0.162 e. The number of ketones is 1. The van der Waals surface area contributed by atoms with E-state index in [1.54, 1.807) is 7.11 Å². The van der Waals surface area contributed by atoms with Crippen LogP contribution in [-0.2, 0) is 21.4 Å². The summed E-state index contributed by atoms with van der Waals surface area (Å²) in [7, 11) is 3.82. The van der Waals surface area contributed by atoms with Crippen molar-refractivity contribution in [2.75, 3.05) is 20.7 Å². The minimum Gasteiger partial charge on any atom is -0.507 e. The predicted molar refractivity (Wildman–Crippen MR) is 87.8 cm³/mol. The van der Waals surface area contributed by atoms with Crippen molar-refractivity contribution in [2.45, 2.75) is 50.2 Å². The molecule has 1 aliphatic heterocycles. The summed E-state index contributed by atoms with van der Waals surface area (Å²) in [4.78, 5) is 15.1. The highest BCUT2D eigenvalue weighted by Crippen LogP contribution is 2.57. The summed E-state index contributed by atoms with van der Waals surface area (Å²) < 4.78 is 5.46. The number of carbonyl (C=O) groups is 1. The van der Waals surface area contributed by atoms with Crippen molar-refractivity contribution in [3.8, 4) is 5.75 Å². The Morgan fingerprint density at radius 2 is 2.17 bits per heavy atom. The molecular formula is C19H25NO3. The largest absolute Gasteiger partial charge is 0.507 e. The van der Waals surface area contributed by atoms with Gasteiger partial charge in [-0.25, -0.2) is 0 Å². The summed E-state index contributed by atoms with van der Waals surface area (Å²) in [5, 5.41) is 10.8. The molecule has 23 heavy (non-hydrogen) atoms. The van der Waals surface area contributed by atoms with E-state index in [1.165, 1.54) is 5.56 Å². The maximum absolute atomic E-state index is 12.6. The molecule has 1 saturated carbocycles. The summed E-state index contributed by atoms with van der Waals surface area (Å²) in [5.41, 5.74) is 3.00. The van der Waals surface area contributed by atoms with E-state index in [-0.39, 0.29) is 17.3 Å². The molecular weight excluding hydrogens is 290 g/mol. The van der Waals surface area contributed by atoms with Gasteiger partial charge in [-0.3, -0.25) is 4.79 Å². The summed E-state index contributed by atoms with van der Waals surface area (Å²) >= 11 is 0. The number of aryl methyl sites for hydroxylation is 1. The van der Waals surface area contributed by atoms with Crippen molar-refractivity contribution < 1.29 is 14.6 Å². The third-order valence-electron chi connectivity index (χ3n) is 6.65. The van der Waals surface area contributed by atoms with E-state index in [9.17, 15) is 9.90 Å². The molecule has 4 rings (SSSR count). The Bertz CT molecular complexity index is 671. The number of hydrogen-bond acceptors (Lipinski definition) is 4. The van der Waals surface area contributed by atoms with Crippen LogP contribution in [0.5, 0.6) is 5.75 Å². The Balaban J connectivity index is 1.92. The van der Waals surface area contributed by atoms with E-state index < -0.39 is 0 Å². The fourth-order valence-corrected chi connectivity index (χ4v) is 5.40. The second-order valence-corrected chi connectivity index (χ2v) is 7.63. The SMILES string of the molecule is COC1C[C@@H]2[C@@H]3Cc4ccc(C)c(O)c4[C@]2(CCN3C)CC1=O. The van der Waals surface area contributed by atoms with Crippen LogP contribution in [0, 0.1) is 12.8 Å². The molecule has 2 aliphatic carbocycles. The molecule has 0 radical (unpaired) electrons. The molecule has 2 bridgehead atoms. The number of ether oxygens (including phenoxy) is 1. The van der Waals surface area contributed by atoms with Crippen LogP contribution in [0.15, 0.2) is 12.1 Å². The van der Waals surface area contributed by atoms with Crippen LogP contribution < -0.4 is 0 Å². The Morgan fingerprint density at radius 3 is 2.91 bits per heavy atom. The van der Waals surface area contributed by atoms with Crippen LogP contribution in [0.2, 0.25) is 0 Å². The van der Waals surface area contributed by atoms with Gasteiger partial charge in [0, 0.05) is 30.6 Å².